The highest BCUT2D eigenvalue weighted by Crippen LogP contribution is 2.44. The normalized spacial score (nSPS) is 15.7. The molecule has 0 aromatic carbocycles. The highest BCUT2D eigenvalue weighted by Gasteiger charge is 2.33. The van der Waals surface area contributed by atoms with Crippen molar-refractivity contribution in [1.29, 1.82) is 0 Å². The van der Waals surface area contributed by atoms with Gasteiger partial charge < -0.3 is 0 Å². The van der Waals surface area contributed by atoms with Crippen molar-refractivity contribution in [3.05, 3.63) is 12.2 Å². The average Bonchev–Trinajstić information content (AvgIpc) is 2.97. The van der Waals surface area contributed by atoms with Gasteiger partial charge >= 0.3 is 0 Å². The minimum Gasteiger partial charge on any atom is -0.0996 e. The first-order valence-corrected chi connectivity index (χ1v) is 8.65. The van der Waals surface area contributed by atoms with Crippen LogP contribution in [0.4, 0.5) is 0 Å². The van der Waals surface area contributed by atoms with Crippen LogP contribution >= 0.6 is 0 Å². The smallest absolute Gasteiger partial charge is 0.0178 e. The summed E-state index contributed by atoms with van der Waals surface area (Å²) >= 11 is 0. The monoisotopic (exact) mass is 296 g/mol. The van der Waals surface area contributed by atoms with Gasteiger partial charge in [0.05, 0.1) is 0 Å². The van der Waals surface area contributed by atoms with E-state index in [9.17, 15) is 0 Å². The van der Waals surface area contributed by atoms with E-state index in [1.54, 1.807) is 0 Å². The molecule has 0 heterocycles. The summed E-state index contributed by atoms with van der Waals surface area (Å²) in [4.78, 5) is 0. The van der Waals surface area contributed by atoms with Crippen molar-refractivity contribution >= 4 is 0 Å². The summed E-state index contributed by atoms with van der Waals surface area (Å²) in [5.41, 5.74) is 2.66. The lowest BCUT2D eigenvalue weighted by Crippen LogP contribution is -2.12. The molecule has 0 atom stereocenters. The van der Waals surface area contributed by atoms with E-state index >= 15 is 0 Å². The first-order chi connectivity index (χ1) is 8.99. The van der Waals surface area contributed by atoms with Crippen LogP contribution in [0, 0.1) is 28.1 Å². The molecule has 0 aromatic rings. The van der Waals surface area contributed by atoms with Gasteiger partial charge in [0.15, 0.2) is 0 Å². The van der Waals surface area contributed by atoms with E-state index in [0.717, 1.165) is 11.8 Å². The van der Waals surface area contributed by atoms with E-state index in [1.165, 1.54) is 18.4 Å². The Morgan fingerprint density at radius 1 is 0.857 bits per heavy atom. The maximum absolute atomic E-state index is 3.83. The molecule has 0 radical (unpaired) electrons. The topological polar surface area (TPSA) is 0 Å². The molecule has 0 heteroatoms. The quantitative estimate of drug-likeness (QED) is 0.401. The molecule has 1 fully saturated rings. The van der Waals surface area contributed by atoms with Gasteiger partial charge in [0.2, 0.25) is 0 Å². The molecule has 21 heavy (non-hydrogen) atoms. The highest BCUT2D eigenvalue weighted by molar-refractivity contribution is 4.99. The Labute approximate surface area is 136 Å². The van der Waals surface area contributed by atoms with Gasteiger partial charge in [-0.05, 0) is 47.8 Å². The third-order valence-corrected chi connectivity index (χ3v) is 4.81. The molecule has 1 aliphatic rings. The van der Waals surface area contributed by atoms with Crippen LogP contribution in [0.1, 0.15) is 95.9 Å². The Morgan fingerprint density at radius 3 is 1.10 bits per heavy atom. The summed E-state index contributed by atoms with van der Waals surface area (Å²) in [7, 11) is 0. The standard InChI is InChI=1S/C7H14.C7H16.C7H14/c1-7(2,3)6-4-5-6;2*1-6(2)7(3,4)5/h6H,4-5H2,1-3H3;6H,1-5H3;1H2,2-5H3. The van der Waals surface area contributed by atoms with E-state index in [-0.39, 0.29) is 0 Å². The van der Waals surface area contributed by atoms with Crippen LogP contribution in [-0.4, -0.2) is 0 Å². The number of hydrogen-bond acceptors (Lipinski definition) is 0. The molecule has 0 unspecified atom stereocenters. The highest BCUT2D eigenvalue weighted by atomic mass is 14.4. The van der Waals surface area contributed by atoms with Crippen LogP contribution in [-0.2, 0) is 0 Å². The van der Waals surface area contributed by atoms with Gasteiger partial charge in [-0.2, -0.15) is 0 Å². The molecule has 0 amide bonds. The van der Waals surface area contributed by atoms with E-state index in [0.29, 0.717) is 16.2 Å². The Hall–Kier alpha value is -0.260. The average molecular weight is 297 g/mol. The van der Waals surface area contributed by atoms with Crippen molar-refractivity contribution in [3.8, 4) is 0 Å². The largest absolute Gasteiger partial charge is 0.0996 e. The Morgan fingerprint density at radius 2 is 1.10 bits per heavy atom. The fraction of sp³-hybridized carbons (Fsp3) is 0.905. The summed E-state index contributed by atoms with van der Waals surface area (Å²) in [5.74, 6) is 1.85. The molecule has 128 valence electrons. The second-order valence-corrected chi connectivity index (χ2v) is 10.2. The van der Waals surface area contributed by atoms with Gasteiger partial charge in [-0.15, -0.1) is 0 Å². The van der Waals surface area contributed by atoms with Crippen LogP contribution in [0.25, 0.3) is 0 Å². The lowest BCUT2D eigenvalue weighted by molar-refractivity contribution is 0.283. The molecule has 0 nitrogen and oxygen atoms in total. The molecule has 0 bridgehead atoms. The Kier molecular flexibility index (Phi) is 9.20. The second kappa shape index (κ2) is 8.39. The van der Waals surface area contributed by atoms with E-state index < -0.39 is 0 Å². The van der Waals surface area contributed by atoms with E-state index in [4.69, 9.17) is 0 Å². The third-order valence-electron chi connectivity index (χ3n) is 4.81. The molecule has 0 saturated heterocycles. The Balaban J connectivity index is 0. The van der Waals surface area contributed by atoms with Crippen LogP contribution in [0.5, 0.6) is 0 Å². The van der Waals surface area contributed by atoms with Gasteiger partial charge in [-0.3, -0.25) is 0 Å². The van der Waals surface area contributed by atoms with Crippen LogP contribution < -0.4 is 0 Å². The number of rotatable bonds is 0. The first-order valence-electron chi connectivity index (χ1n) is 8.65. The summed E-state index contributed by atoms with van der Waals surface area (Å²) in [6, 6.07) is 0. The molecule has 0 aromatic heterocycles. The summed E-state index contributed by atoms with van der Waals surface area (Å²) < 4.78 is 0. The lowest BCUT2D eigenvalue weighted by atomic mass is 9.84. The summed E-state index contributed by atoms with van der Waals surface area (Å²) in [6.07, 6.45) is 2.95. The van der Waals surface area contributed by atoms with E-state index in [2.05, 4.69) is 89.7 Å². The maximum atomic E-state index is 3.83. The predicted octanol–water partition coefficient (Wildman–Crippen LogP) is 7.74. The van der Waals surface area contributed by atoms with Crippen molar-refractivity contribution in [2.75, 3.05) is 0 Å². The summed E-state index contributed by atoms with van der Waals surface area (Å²) in [5, 5.41) is 0. The minimum atomic E-state index is 0.306. The molecule has 0 aliphatic heterocycles. The zero-order chi connectivity index (χ0) is 17.6. The maximum Gasteiger partial charge on any atom is -0.0178 e. The first kappa shape index (κ1) is 23.0. The minimum absolute atomic E-state index is 0.306. The van der Waals surface area contributed by atoms with Crippen molar-refractivity contribution < 1.29 is 0 Å². The van der Waals surface area contributed by atoms with Crippen molar-refractivity contribution in [3.63, 3.8) is 0 Å². The molecular weight excluding hydrogens is 252 g/mol. The van der Waals surface area contributed by atoms with Crippen LogP contribution in [0.3, 0.4) is 0 Å². The number of allylic oxidation sites excluding steroid dienone is 1. The van der Waals surface area contributed by atoms with Crippen molar-refractivity contribution in [2.24, 2.45) is 28.1 Å². The molecule has 1 rings (SSSR count). The van der Waals surface area contributed by atoms with Gasteiger partial charge in [0.25, 0.3) is 0 Å². The van der Waals surface area contributed by atoms with Gasteiger partial charge in [0.1, 0.15) is 0 Å². The molecule has 1 aliphatic carbocycles. The van der Waals surface area contributed by atoms with Gasteiger partial charge in [-0.1, -0.05) is 88.3 Å². The summed E-state index contributed by atoms with van der Waals surface area (Å²) in [6.45, 7) is 30.6. The van der Waals surface area contributed by atoms with Gasteiger partial charge in [-0.25, -0.2) is 0 Å². The SMILES string of the molecule is C=C(C)C(C)(C)C.CC(C)(C)C1CC1.CC(C)C(C)(C)C. The van der Waals surface area contributed by atoms with Crippen LogP contribution in [0.15, 0.2) is 12.2 Å². The third kappa shape index (κ3) is 14.4. The fourth-order valence-electron chi connectivity index (χ4n) is 0.949. The fourth-order valence-corrected chi connectivity index (χ4v) is 0.949. The van der Waals surface area contributed by atoms with E-state index in [1.807, 2.05) is 0 Å². The lowest BCUT2D eigenvalue weighted by Gasteiger charge is -2.22. The molecule has 0 N–H and O–H groups in total. The number of hydrogen-bond donors (Lipinski definition) is 0. The predicted molar refractivity (Wildman–Crippen MR) is 101 cm³/mol. The van der Waals surface area contributed by atoms with Crippen molar-refractivity contribution in [1.82, 2.24) is 0 Å². The van der Waals surface area contributed by atoms with Crippen LogP contribution in [0.2, 0.25) is 0 Å². The van der Waals surface area contributed by atoms with Crippen molar-refractivity contribution in [2.45, 2.75) is 95.9 Å². The Bertz CT molecular complexity index is 269. The molecule has 1 saturated carbocycles. The van der Waals surface area contributed by atoms with Gasteiger partial charge in [0, 0.05) is 0 Å². The second-order valence-electron chi connectivity index (χ2n) is 10.2. The zero-order valence-electron chi connectivity index (χ0n) is 17.3. The molecule has 0 spiro atoms. The zero-order valence-corrected chi connectivity index (χ0v) is 17.3. The molecular formula is C21H44.